The number of imidazole rings is 1. The number of ether oxygens (including phenoxy) is 1. The van der Waals surface area contributed by atoms with Crippen LogP contribution in [0.1, 0.15) is 19.0 Å². The monoisotopic (exact) mass is 356 g/mol. The van der Waals surface area contributed by atoms with Crippen LogP contribution in [-0.4, -0.2) is 44.5 Å². The van der Waals surface area contributed by atoms with E-state index in [2.05, 4.69) is 32.1 Å². The molecule has 0 fully saturated rings. The lowest BCUT2D eigenvalue weighted by Crippen LogP contribution is -2.08. The number of nitrogens with zero attached hydrogens (tertiary/aromatic N) is 5. The highest BCUT2D eigenvalue weighted by Gasteiger charge is 2.23. The molecule has 0 saturated carbocycles. The van der Waals surface area contributed by atoms with Crippen molar-refractivity contribution in [1.82, 2.24) is 24.8 Å². The minimum Gasteiger partial charge on any atom is -0.490 e. The van der Waals surface area contributed by atoms with Crippen LogP contribution >= 0.6 is 0 Å². The van der Waals surface area contributed by atoms with Crippen molar-refractivity contribution in [1.29, 1.82) is 0 Å². The number of anilines is 1. The Morgan fingerprint density at radius 1 is 1.31 bits per heavy atom. The van der Waals surface area contributed by atoms with Gasteiger partial charge in [-0.05, 0) is 36.1 Å². The number of hydrogen-bond donors (Lipinski definition) is 3. The molecule has 0 amide bonds. The molecular formula is C16H20N8O2. The Kier molecular flexibility index (Phi) is 5.31. The quantitative estimate of drug-likeness (QED) is 0.412. The van der Waals surface area contributed by atoms with Gasteiger partial charge in [-0.15, -0.1) is 0 Å². The molecule has 0 aliphatic carbocycles. The van der Waals surface area contributed by atoms with Gasteiger partial charge in [0, 0.05) is 6.54 Å². The smallest absolute Gasteiger partial charge is 0.199 e. The fourth-order valence-corrected chi connectivity index (χ4v) is 2.55. The Morgan fingerprint density at radius 2 is 2.15 bits per heavy atom. The molecule has 0 aliphatic heterocycles. The Balaban J connectivity index is 2.24. The summed E-state index contributed by atoms with van der Waals surface area (Å²) in [5.41, 5.74) is 19.1. The van der Waals surface area contributed by atoms with Gasteiger partial charge in [-0.2, -0.15) is 0 Å². The second-order valence-corrected chi connectivity index (χ2v) is 5.34. The average molecular weight is 356 g/mol. The van der Waals surface area contributed by atoms with E-state index < -0.39 is 0 Å². The van der Waals surface area contributed by atoms with Crippen molar-refractivity contribution in [3.05, 3.63) is 11.9 Å². The van der Waals surface area contributed by atoms with Crippen molar-refractivity contribution < 1.29 is 9.37 Å². The molecule has 0 saturated heterocycles. The third kappa shape index (κ3) is 3.17. The summed E-state index contributed by atoms with van der Waals surface area (Å²) in [6.45, 7) is 3.80. The number of pyridine rings is 1. The van der Waals surface area contributed by atoms with E-state index >= 15 is 0 Å². The van der Waals surface area contributed by atoms with Gasteiger partial charge >= 0.3 is 0 Å². The van der Waals surface area contributed by atoms with Crippen molar-refractivity contribution in [2.24, 2.45) is 11.5 Å². The van der Waals surface area contributed by atoms with Gasteiger partial charge in [0.2, 0.25) is 0 Å². The minimum absolute atomic E-state index is 0.156. The van der Waals surface area contributed by atoms with Crippen LogP contribution in [0, 0.1) is 11.8 Å². The van der Waals surface area contributed by atoms with E-state index in [1.165, 1.54) is 0 Å². The third-order valence-corrected chi connectivity index (χ3v) is 3.69. The maximum absolute atomic E-state index is 5.86. The van der Waals surface area contributed by atoms with Crippen LogP contribution < -0.4 is 21.9 Å². The largest absolute Gasteiger partial charge is 0.490 e. The van der Waals surface area contributed by atoms with Crippen LogP contribution in [0.3, 0.4) is 0 Å². The predicted octanol–water partition coefficient (Wildman–Crippen LogP) is 0.121. The molecule has 3 aromatic rings. The zero-order valence-electron chi connectivity index (χ0n) is 14.4. The Hall–Kier alpha value is -3.16. The molecule has 3 aromatic heterocycles. The highest BCUT2D eigenvalue weighted by atomic mass is 16.6. The number of nitrogens with two attached hydrogens (primary N) is 3. The maximum atomic E-state index is 5.86. The van der Waals surface area contributed by atoms with Crippen molar-refractivity contribution in [2.45, 2.75) is 19.9 Å². The zero-order chi connectivity index (χ0) is 18.5. The molecule has 0 bridgehead atoms. The molecule has 6 N–H and O–H groups in total. The molecule has 10 nitrogen and oxygen atoms in total. The fourth-order valence-electron chi connectivity index (χ4n) is 2.55. The Labute approximate surface area is 149 Å². The summed E-state index contributed by atoms with van der Waals surface area (Å²) in [6, 6.07) is 0. The summed E-state index contributed by atoms with van der Waals surface area (Å²) in [4.78, 5) is 9.00. The maximum Gasteiger partial charge on any atom is 0.199 e. The Morgan fingerprint density at radius 3 is 2.81 bits per heavy atom. The van der Waals surface area contributed by atoms with Gasteiger partial charge in [0.15, 0.2) is 23.1 Å². The first kappa shape index (κ1) is 17.7. The first-order valence-electron chi connectivity index (χ1n) is 8.20. The SMILES string of the molecule is CCn1c(-c2nonc2N)nc2c(C#CCN)ncc(OCCCN)c21. The molecule has 0 atom stereocenters. The zero-order valence-corrected chi connectivity index (χ0v) is 14.4. The van der Waals surface area contributed by atoms with Gasteiger partial charge in [-0.25, -0.2) is 14.6 Å². The van der Waals surface area contributed by atoms with Crippen molar-refractivity contribution >= 4 is 16.9 Å². The molecule has 0 spiro atoms. The van der Waals surface area contributed by atoms with Gasteiger partial charge in [0.1, 0.15) is 16.7 Å². The summed E-state index contributed by atoms with van der Waals surface area (Å²) in [7, 11) is 0. The number of rotatable bonds is 6. The second-order valence-electron chi connectivity index (χ2n) is 5.34. The third-order valence-electron chi connectivity index (χ3n) is 3.69. The molecule has 3 rings (SSSR count). The van der Waals surface area contributed by atoms with E-state index in [1.54, 1.807) is 6.20 Å². The van der Waals surface area contributed by atoms with Crippen LogP contribution in [0.5, 0.6) is 5.75 Å². The minimum atomic E-state index is 0.156. The second kappa shape index (κ2) is 7.81. The van der Waals surface area contributed by atoms with Crippen molar-refractivity contribution in [2.75, 3.05) is 25.4 Å². The molecule has 136 valence electrons. The summed E-state index contributed by atoms with van der Waals surface area (Å²) >= 11 is 0. The van der Waals surface area contributed by atoms with E-state index in [4.69, 9.17) is 26.6 Å². The highest BCUT2D eigenvalue weighted by molar-refractivity contribution is 5.89. The number of aryl methyl sites for hydroxylation is 1. The molecule has 10 heteroatoms. The van der Waals surface area contributed by atoms with Gasteiger partial charge < -0.3 is 26.5 Å². The lowest BCUT2D eigenvalue weighted by molar-refractivity contribution is 0.310. The molecule has 0 unspecified atom stereocenters. The van der Waals surface area contributed by atoms with E-state index in [0.29, 0.717) is 48.2 Å². The topological polar surface area (TPSA) is 157 Å². The molecule has 0 aromatic carbocycles. The van der Waals surface area contributed by atoms with Crippen LogP contribution in [-0.2, 0) is 6.54 Å². The van der Waals surface area contributed by atoms with Gasteiger partial charge in [0.25, 0.3) is 0 Å². The van der Waals surface area contributed by atoms with E-state index in [1.807, 2.05) is 11.5 Å². The number of hydrogen-bond acceptors (Lipinski definition) is 9. The predicted molar refractivity (Wildman–Crippen MR) is 96.0 cm³/mol. The molecular weight excluding hydrogens is 336 g/mol. The first-order chi connectivity index (χ1) is 12.7. The van der Waals surface area contributed by atoms with Crippen LogP contribution in [0.25, 0.3) is 22.6 Å². The standard InChI is InChI=1S/C16H20N8O2/c1-2-24-14-11(25-8-4-7-18)9-20-10(5-3-6-17)12(14)21-16(24)13-15(19)23-26-22-13/h9H,2,4,6-8,17-18H2,1H3,(H2,19,23). The average Bonchev–Trinajstić information content (AvgIpc) is 3.24. The number of aromatic nitrogens is 5. The van der Waals surface area contributed by atoms with E-state index in [0.717, 1.165) is 11.9 Å². The summed E-state index contributed by atoms with van der Waals surface area (Å²) < 4.78 is 12.5. The molecule has 0 radical (unpaired) electrons. The summed E-state index contributed by atoms with van der Waals surface area (Å²) in [6.07, 6.45) is 2.35. The van der Waals surface area contributed by atoms with Gasteiger partial charge in [-0.1, -0.05) is 5.92 Å². The van der Waals surface area contributed by atoms with Gasteiger partial charge in [0.05, 0.1) is 19.3 Å². The van der Waals surface area contributed by atoms with Crippen LogP contribution in [0.15, 0.2) is 10.8 Å². The van der Waals surface area contributed by atoms with Crippen LogP contribution in [0.4, 0.5) is 5.82 Å². The lowest BCUT2D eigenvalue weighted by Gasteiger charge is -2.10. The number of nitrogen functional groups attached to an aromatic ring is 1. The van der Waals surface area contributed by atoms with Crippen molar-refractivity contribution in [3.8, 4) is 29.1 Å². The van der Waals surface area contributed by atoms with Crippen molar-refractivity contribution in [3.63, 3.8) is 0 Å². The van der Waals surface area contributed by atoms with Gasteiger partial charge in [-0.3, -0.25) is 0 Å². The molecule has 0 aliphatic rings. The van der Waals surface area contributed by atoms with E-state index in [-0.39, 0.29) is 12.4 Å². The van der Waals surface area contributed by atoms with E-state index in [9.17, 15) is 0 Å². The summed E-state index contributed by atoms with van der Waals surface area (Å²) in [5, 5.41) is 7.49. The lowest BCUT2D eigenvalue weighted by atomic mass is 10.2. The fraction of sp³-hybridized carbons (Fsp3) is 0.375. The Bertz CT molecular complexity index is 966. The molecule has 26 heavy (non-hydrogen) atoms. The first-order valence-corrected chi connectivity index (χ1v) is 8.20. The number of fused-ring (bicyclic) bond motifs is 1. The van der Waals surface area contributed by atoms with Crippen LogP contribution in [0.2, 0.25) is 0 Å². The normalized spacial score (nSPS) is 10.7. The molecule has 3 heterocycles. The highest BCUT2D eigenvalue weighted by Crippen LogP contribution is 2.32. The summed E-state index contributed by atoms with van der Waals surface area (Å²) in [5.74, 6) is 6.99.